The number of anilines is 2. The molecule has 0 radical (unpaired) electrons. The second-order valence-electron chi connectivity index (χ2n) is 15.5. The molecule has 13 heteroatoms. The Morgan fingerprint density at radius 1 is 0.981 bits per heavy atom. The van der Waals surface area contributed by atoms with Crippen molar-refractivity contribution in [2.24, 2.45) is 11.3 Å². The largest absolute Gasteiger partial charge is 0.493 e. The van der Waals surface area contributed by atoms with Crippen LogP contribution in [0.4, 0.5) is 15.8 Å². The summed E-state index contributed by atoms with van der Waals surface area (Å²) in [6, 6.07) is 11.6. The van der Waals surface area contributed by atoms with Crippen LogP contribution < -0.4 is 25.8 Å². The molecule has 5 heterocycles. The number of halogens is 1. The number of H-pyrrole nitrogens is 1. The number of carbonyl (C=O) groups excluding carboxylic acids is 2. The monoisotopic (exact) mass is 732 g/mol. The summed E-state index contributed by atoms with van der Waals surface area (Å²) < 4.78 is 26.6. The van der Waals surface area contributed by atoms with Crippen LogP contribution in [0, 0.1) is 17.2 Å². The molecule has 52 heavy (non-hydrogen) atoms. The van der Waals surface area contributed by atoms with Gasteiger partial charge in [-0.3, -0.25) is 19.7 Å². The molecule has 278 valence electrons. The van der Waals surface area contributed by atoms with E-state index in [0.29, 0.717) is 64.9 Å². The molecule has 8 rings (SSSR count). The topological polar surface area (TPSA) is 129 Å². The molecule has 2 amide bonds. The van der Waals surface area contributed by atoms with Gasteiger partial charge in [-0.15, -0.1) is 0 Å². The Morgan fingerprint density at radius 3 is 2.46 bits per heavy atom. The molecule has 5 aliphatic rings. The van der Waals surface area contributed by atoms with Gasteiger partial charge >= 0.3 is 0 Å². The van der Waals surface area contributed by atoms with Crippen LogP contribution in [0.1, 0.15) is 70.0 Å². The fourth-order valence-corrected chi connectivity index (χ4v) is 9.84. The molecule has 11 nitrogen and oxygen atoms in total. The molecule has 2 aromatic carbocycles. The van der Waals surface area contributed by atoms with E-state index in [9.17, 15) is 14.4 Å². The van der Waals surface area contributed by atoms with E-state index in [1.165, 1.54) is 37.4 Å². The van der Waals surface area contributed by atoms with E-state index in [4.69, 9.17) is 9.47 Å². The smallest absolute Gasteiger partial charge is 0.261 e. The average molecular weight is 733 g/mol. The summed E-state index contributed by atoms with van der Waals surface area (Å²) in [5.41, 5.74) is 2.46. The number of rotatable bonds is 10. The zero-order valence-corrected chi connectivity index (χ0v) is 30.5. The van der Waals surface area contributed by atoms with Crippen LogP contribution >= 0.6 is 11.8 Å². The quantitative estimate of drug-likeness (QED) is 0.239. The van der Waals surface area contributed by atoms with Crippen LogP contribution in [0.2, 0.25) is 0 Å². The van der Waals surface area contributed by atoms with Gasteiger partial charge in [0.2, 0.25) is 11.8 Å². The number of likely N-dealkylation sites (tertiary alicyclic amines) is 1. The van der Waals surface area contributed by atoms with Crippen molar-refractivity contribution in [1.29, 1.82) is 0 Å². The number of amides is 2. The highest BCUT2D eigenvalue weighted by Crippen LogP contribution is 2.52. The number of imide groups is 1. The number of aromatic amines is 1. The summed E-state index contributed by atoms with van der Waals surface area (Å²) in [5.74, 6) is 0.933. The Kier molecular flexibility index (Phi) is 10.4. The Bertz CT molecular complexity index is 1810. The van der Waals surface area contributed by atoms with Crippen LogP contribution in [0.25, 0.3) is 10.9 Å². The van der Waals surface area contributed by atoms with Gasteiger partial charge in [-0.1, -0.05) is 0 Å². The number of thioether (sulfide) groups is 1. The first kappa shape index (κ1) is 35.4. The maximum Gasteiger partial charge on any atom is 0.261 e. The fourth-order valence-electron chi connectivity index (χ4n) is 8.78. The van der Waals surface area contributed by atoms with E-state index in [2.05, 4.69) is 42.5 Å². The lowest BCUT2D eigenvalue weighted by molar-refractivity contribution is -0.133. The molecule has 1 atom stereocenters. The first-order chi connectivity index (χ1) is 25.3. The number of fused-ring (bicyclic) bond motifs is 1. The molecule has 1 aliphatic carbocycles. The number of hydrogen-bond donors (Lipinski definition) is 3. The zero-order chi connectivity index (χ0) is 35.7. The lowest BCUT2D eigenvalue weighted by atomic mass is 9.59. The van der Waals surface area contributed by atoms with Crippen molar-refractivity contribution in [2.75, 3.05) is 56.2 Å². The van der Waals surface area contributed by atoms with E-state index in [1.807, 2.05) is 12.1 Å². The van der Waals surface area contributed by atoms with E-state index in [-0.39, 0.29) is 23.2 Å². The van der Waals surface area contributed by atoms with Gasteiger partial charge in [0.05, 0.1) is 17.9 Å². The third-order valence-corrected chi connectivity index (χ3v) is 13.4. The van der Waals surface area contributed by atoms with Crippen molar-refractivity contribution in [2.45, 2.75) is 87.3 Å². The first-order valence-corrected chi connectivity index (χ1v) is 20.1. The van der Waals surface area contributed by atoms with Crippen molar-refractivity contribution >= 4 is 45.9 Å². The Morgan fingerprint density at radius 2 is 1.73 bits per heavy atom. The SMILES string of the molecule is O=C1CCC(Nc2ccc(N3CCC4(CC3)CC(N3CCC(COc5cc(F)c6c(=O)[nH]c(CSC7CCOCC7)nc6c5)CC3)C4)cc2)C(=O)N1. The molecule has 0 bridgehead atoms. The second-order valence-corrected chi connectivity index (χ2v) is 16.8. The van der Waals surface area contributed by atoms with Crippen molar-refractivity contribution in [1.82, 2.24) is 20.2 Å². The van der Waals surface area contributed by atoms with Crippen molar-refractivity contribution in [3.05, 3.63) is 58.4 Å². The molecule has 4 saturated heterocycles. The summed E-state index contributed by atoms with van der Waals surface area (Å²) in [5, 5.41) is 6.14. The van der Waals surface area contributed by atoms with Gasteiger partial charge in [0.1, 0.15) is 28.8 Å². The van der Waals surface area contributed by atoms with Crippen molar-refractivity contribution < 1.29 is 23.5 Å². The number of aromatic nitrogens is 2. The number of hydrogen-bond acceptors (Lipinski definition) is 10. The standard InChI is InChI=1S/C39H49FN6O5S/c40-31-19-29(20-33-36(31)38(49)43-34(42-33)24-52-30-9-17-50-18-10-30)51-23-25-7-13-45(14-8-25)28-21-39(22-28)11-15-46(16-12-39)27-3-1-26(2-4-27)41-32-5-6-35(47)44-37(32)48/h1-4,19-20,25,28,30,32,41H,5-18,21-24H2,(H,42,43,49)(H,44,47,48). The minimum atomic E-state index is -0.596. The molecular formula is C39H49FN6O5S. The molecule has 4 aliphatic heterocycles. The van der Waals surface area contributed by atoms with Gasteiger partial charge in [-0.05, 0) is 106 Å². The first-order valence-electron chi connectivity index (χ1n) is 19.0. The van der Waals surface area contributed by atoms with E-state index in [1.54, 1.807) is 17.8 Å². The molecule has 1 aromatic heterocycles. The van der Waals surface area contributed by atoms with Gasteiger partial charge in [-0.25, -0.2) is 9.37 Å². The van der Waals surface area contributed by atoms with E-state index in [0.717, 1.165) is 70.8 Å². The maximum atomic E-state index is 15.0. The molecule has 1 saturated carbocycles. The Hall–Kier alpha value is -3.68. The Labute approximate surface area is 307 Å². The van der Waals surface area contributed by atoms with Crippen LogP contribution in [0.15, 0.2) is 41.2 Å². The van der Waals surface area contributed by atoms with Gasteiger partial charge in [-0.2, -0.15) is 11.8 Å². The third kappa shape index (κ3) is 7.96. The van der Waals surface area contributed by atoms with Crippen molar-refractivity contribution in [3.63, 3.8) is 0 Å². The maximum absolute atomic E-state index is 15.0. The van der Waals surface area contributed by atoms with Crippen LogP contribution in [-0.2, 0) is 20.1 Å². The summed E-state index contributed by atoms with van der Waals surface area (Å²) in [4.78, 5) is 48.8. The van der Waals surface area contributed by atoms with E-state index >= 15 is 4.39 Å². The molecule has 5 fully saturated rings. The molecule has 3 N–H and O–H groups in total. The number of carbonyl (C=O) groups is 2. The third-order valence-electron chi connectivity index (χ3n) is 12.0. The minimum Gasteiger partial charge on any atom is -0.493 e. The van der Waals surface area contributed by atoms with Crippen LogP contribution in [0.5, 0.6) is 5.75 Å². The van der Waals surface area contributed by atoms with Gasteiger partial charge in [0, 0.05) is 67.5 Å². The van der Waals surface area contributed by atoms with Crippen LogP contribution in [-0.4, -0.2) is 90.0 Å². The predicted molar refractivity (Wildman–Crippen MR) is 200 cm³/mol. The molecule has 1 unspecified atom stereocenters. The van der Waals surface area contributed by atoms with E-state index < -0.39 is 11.4 Å². The van der Waals surface area contributed by atoms with Crippen molar-refractivity contribution in [3.8, 4) is 5.75 Å². The second kappa shape index (κ2) is 15.4. The summed E-state index contributed by atoms with van der Waals surface area (Å²) in [6.45, 7) is 6.31. The van der Waals surface area contributed by atoms with Gasteiger partial charge in [0.25, 0.3) is 5.56 Å². The molecule has 1 spiro atoms. The summed E-state index contributed by atoms with van der Waals surface area (Å²) in [7, 11) is 0. The molecular weight excluding hydrogens is 684 g/mol. The lowest BCUT2D eigenvalue weighted by Gasteiger charge is -2.56. The summed E-state index contributed by atoms with van der Waals surface area (Å²) in [6.07, 6.45) is 9.95. The van der Waals surface area contributed by atoms with Gasteiger partial charge < -0.3 is 29.6 Å². The lowest BCUT2D eigenvalue weighted by Crippen LogP contribution is -2.56. The fraction of sp³-hybridized carbons (Fsp3) is 0.590. The van der Waals surface area contributed by atoms with Gasteiger partial charge in [0.15, 0.2) is 0 Å². The normalized spacial score (nSPS) is 23.5. The number of ether oxygens (including phenoxy) is 2. The van der Waals surface area contributed by atoms with Crippen LogP contribution in [0.3, 0.4) is 0 Å². The highest BCUT2D eigenvalue weighted by molar-refractivity contribution is 7.99. The number of nitrogens with zero attached hydrogens (tertiary/aromatic N) is 3. The highest BCUT2D eigenvalue weighted by Gasteiger charge is 2.48. The predicted octanol–water partition coefficient (Wildman–Crippen LogP) is 5.23. The zero-order valence-electron chi connectivity index (χ0n) is 29.7. The Balaban J connectivity index is 0.767. The minimum absolute atomic E-state index is 0.0142. The molecule has 3 aromatic rings. The number of benzene rings is 2. The number of piperidine rings is 3. The number of nitrogens with one attached hydrogen (secondary N) is 3. The average Bonchev–Trinajstić information content (AvgIpc) is 3.14. The summed E-state index contributed by atoms with van der Waals surface area (Å²) >= 11 is 1.76. The highest BCUT2D eigenvalue weighted by atomic mass is 32.2.